The highest BCUT2D eigenvalue weighted by Gasteiger charge is 2.42. The fraction of sp³-hybridized carbons (Fsp3) is 0.833. The monoisotopic (exact) mass is 420 g/mol. The summed E-state index contributed by atoms with van der Waals surface area (Å²) in [5.74, 6) is -1.50. The summed E-state index contributed by atoms with van der Waals surface area (Å²) in [6.45, 7) is -2.81. The number of carbonyl (C=O) groups excluding carboxylic acids is 1. The maximum absolute atomic E-state index is 11.2. The highest BCUT2D eigenvalue weighted by atomic mass is 31.2. The number of phosphoric acid groups is 3. The second kappa shape index (κ2) is 9.03. The maximum Gasteiger partial charge on any atom is 0.470 e. The molecule has 0 saturated heterocycles. The second-order valence-electron chi connectivity index (χ2n) is 4.05. The second-order valence-corrected chi connectivity index (χ2v) is 7.67. The van der Waals surface area contributed by atoms with Crippen LogP contribution in [0.1, 0.15) is 0 Å². The number of Topliss-reactive ketones (excluding diaryl/α,β-unsaturated/α-hetero) is 1. The minimum atomic E-state index is -5.49. The van der Waals surface area contributed by atoms with Gasteiger partial charge in [0.2, 0.25) is 0 Å². The van der Waals surface area contributed by atoms with Gasteiger partial charge in [0, 0.05) is 0 Å². The third-order valence-corrected chi connectivity index (χ3v) is 3.65. The molecule has 15 nitrogen and oxygen atoms in total. The third kappa shape index (κ3) is 10.7. The molecule has 0 rings (SSSR count). The van der Waals surface area contributed by atoms with Crippen molar-refractivity contribution in [3.8, 4) is 0 Å². The number of ketones is 1. The normalized spacial score (nSPS) is 17.3. The van der Waals surface area contributed by atoms with Gasteiger partial charge < -0.3 is 39.6 Å². The molecule has 3 atom stereocenters. The summed E-state index contributed by atoms with van der Waals surface area (Å²) in [5, 5.41) is 18.2. The summed E-state index contributed by atoms with van der Waals surface area (Å²) in [6.07, 6.45) is -7.55. The number of hydrogen-bond acceptors (Lipinski definition) is 9. The first-order valence-electron chi connectivity index (χ1n) is 5.55. The van der Waals surface area contributed by atoms with Crippen molar-refractivity contribution in [2.24, 2.45) is 0 Å². The summed E-state index contributed by atoms with van der Waals surface area (Å²) in [7, 11) is -16.2. The van der Waals surface area contributed by atoms with E-state index in [1.807, 2.05) is 0 Å². The molecule has 0 aromatic heterocycles. The van der Waals surface area contributed by atoms with Gasteiger partial charge in [0.25, 0.3) is 0 Å². The average Bonchev–Trinajstić information content (AvgIpc) is 2.36. The lowest BCUT2D eigenvalue weighted by molar-refractivity contribution is -0.141. The topological polar surface area (TPSA) is 258 Å². The molecule has 0 bridgehead atoms. The van der Waals surface area contributed by atoms with Crippen molar-refractivity contribution in [2.75, 3.05) is 13.2 Å². The van der Waals surface area contributed by atoms with E-state index < -0.39 is 60.8 Å². The maximum atomic E-state index is 11.2. The smallest absolute Gasteiger partial charge is 0.388 e. The molecular weight excluding hydrogens is 405 g/mol. The van der Waals surface area contributed by atoms with E-state index in [0.29, 0.717) is 0 Å². The number of hydrogen-bond donors (Lipinski definition) is 8. The Morgan fingerprint density at radius 3 is 1.67 bits per heavy atom. The fourth-order valence-corrected chi connectivity index (χ4v) is 2.74. The number of aliphatic hydroxyl groups is 2. The van der Waals surface area contributed by atoms with Crippen LogP contribution in [0, 0.1) is 0 Å². The average molecular weight is 420 g/mol. The molecule has 18 heteroatoms. The van der Waals surface area contributed by atoms with Crippen LogP contribution in [-0.2, 0) is 32.1 Å². The Morgan fingerprint density at radius 1 is 0.875 bits per heavy atom. The quantitative estimate of drug-likeness (QED) is 0.155. The Kier molecular flexibility index (Phi) is 9.00. The molecule has 0 amide bonds. The van der Waals surface area contributed by atoms with Crippen LogP contribution in [0.15, 0.2) is 0 Å². The van der Waals surface area contributed by atoms with E-state index in [1.54, 1.807) is 0 Å². The molecule has 0 radical (unpaired) electrons. The standard InChI is InChI=1S/C6H15O15P3/c7-1-3(8)5(9)6(21-24(16,17)18)4(20-23(13,14)15)2-19-22(10,11)12/h4-7,9H,1-2H2,(H2,10,11,12)(H2,13,14,15)(H2,16,17,18)/t4-,5+,6-/m0/s1. The number of aliphatic hydroxyl groups excluding tert-OH is 2. The Hall–Kier alpha value is -0.0800. The van der Waals surface area contributed by atoms with Gasteiger partial charge in [0.15, 0.2) is 5.78 Å². The zero-order valence-electron chi connectivity index (χ0n) is 11.4. The lowest BCUT2D eigenvalue weighted by atomic mass is 10.1. The van der Waals surface area contributed by atoms with E-state index in [1.165, 1.54) is 0 Å². The van der Waals surface area contributed by atoms with Gasteiger partial charge in [-0.3, -0.25) is 18.4 Å². The molecule has 0 saturated carbocycles. The first kappa shape index (κ1) is 23.9. The van der Waals surface area contributed by atoms with Crippen LogP contribution in [0.5, 0.6) is 0 Å². The van der Waals surface area contributed by atoms with E-state index in [9.17, 15) is 23.6 Å². The van der Waals surface area contributed by atoms with Gasteiger partial charge in [0.05, 0.1) is 6.61 Å². The molecule has 0 aromatic rings. The Morgan fingerprint density at radius 2 is 1.33 bits per heavy atom. The molecule has 24 heavy (non-hydrogen) atoms. The predicted molar refractivity (Wildman–Crippen MR) is 69.9 cm³/mol. The first-order chi connectivity index (χ1) is 10.6. The van der Waals surface area contributed by atoms with E-state index in [2.05, 4.69) is 13.6 Å². The van der Waals surface area contributed by atoms with E-state index in [4.69, 9.17) is 34.5 Å². The molecule has 0 spiro atoms. The van der Waals surface area contributed by atoms with Crippen molar-refractivity contribution < 1.29 is 71.6 Å². The van der Waals surface area contributed by atoms with Gasteiger partial charge in [-0.1, -0.05) is 0 Å². The van der Waals surface area contributed by atoms with Crippen molar-refractivity contribution in [1.29, 1.82) is 0 Å². The molecule has 0 aliphatic rings. The van der Waals surface area contributed by atoms with E-state index >= 15 is 0 Å². The van der Waals surface area contributed by atoms with Gasteiger partial charge in [-0.15, -0.1) is 0 Å². The Bertz CT molecular complexity index is 556. The fourth-order valence-electron chi connectivity index (χ4n) is 1.30. The highest BCUT2D eigenvalue weighted by Crippen LogP contribution is 2.45. The molecule has 0 heterocycles. The Balaban J connectivity index is 5.66. The lowest BCUT2D eigenvalue weighted by Crippen LogP contribution is -2.47. The van der Waals surface area contributed by atoms with Gasteiger partial charge >= 0.3 is 23.5 Å². The van der Waals surface area contributed by atoms with Crippen LogP contribution in [0.4, 0.5) is 0 Å². The van der Waals surface area contributed by atoms with Crippen LogP contribution >= 0.6 is 23.5 Å². The van der Waals surface area contributed by atoms with E-state index in [-0.39, 0.29) is 0 Å². The zero-order chi connectivity index (χ0) is 19.3. The van der Waals surface area contributed by atoms with Crippen LogP contribution in [0.3, 0.4) is 0 Å². The van der Waals surface area contributed by atoms with Gasteiger partial charge in [-0.05, 0) is 0 Å². The van der Waals surface area contributed by atoms with Crippen LogP contribution in [-0.4, -0.2) is 76.9 Å². The summed E-state index contributed by atoms with van der Waals surface area (Å²) in [5.41, 5.74) is 0. The number of carbonyl (C=O) groups is 1. The van der Waals surface area contributed by atoms with Crippen molar-refractivity contribution >= 4 is 29.3 Å². The predicted octanol–water partition coefficient (Wildman–Crippen LogP) is -3.03. The summed E-state index contributed by atoms with van der Waals surface area (Å²) in [4.78, 5) is 63.2. The third-order valence-electron chi connectivity index (χ3n) is 2.10. The minimum Gasteiger partial charge on any atom is -0.388 e. The SMILES string of the molecule is O=C(CO)[C@@H](O)[C@@H](OP(=O)(O)O)[C@H](COP(=O)(O)O)OP(=O)(O)O. The molecule has 0 aromatic carbocycles. The number of phosphoric ester groups is 3. The lowest BCUT2D eigenvalue weighted by Gasteiger charge is -2.29. The summed E-state index contributed by atoms with van der Waals surface area (Å²) in [6, 6.07) is 0. The van der Waals surface area contributed by atoms with E-state index in [0.717, 1.165) is 0 Å². The molecule has 8 N–H and O–H groups in total. The molecule has 0 fully saturated rings. The van der Waals surface area contributed by atoms with Crippen molar-refractivity contribution in [2.45, 2.75) is 18.3 Å². The van der Waals surface area contributed by atoms with Crippen molar-refractivity contribution in [3.63, 3.8) is 0 Å². The van der Waals surface area contributed by atoms with Crippen LogP contribution in [0.25, 0.3) is 0 Å². The molecule has 0 unspecified atom stereocenters. The van der Waals surface area contributed by atoms with Crippen LogP contribution in [0.2, 0.25) is 0 Å². The van der Waals surface area contributed by atoms with Crippen molar-refractivity contribution in [1.82, 2.24) is 0 Å². The first-order valence-corrected chi connectivity index (χ1v) is 10.1. The van der Waals surface area contributed by atoms with Gasteiger partial charge in [-0.25, -0.2) is 13.7 Å². The highest BCUT2D eigenvalue weighted by molar-refractivity contribution is 7.47. The molecule has 0 aliphatic carbocycles. The Labute approximate surface area is 133 Å². The molecule has 144 valence electrons. The van der Waals surface area contributed by atoms with Gasteiger partial charge in [-0.2, -0.15) is 0 Å². The number of rotatable bonds is 11. The van der Waals surface area contributed by atoms with Crippen molar-refractivity contribution in [3.05, 3.63) is 0 Å². The summed E-state index contributed by atoms with van der Waals surface area (Å²) < 4.78 is 44.2. The molecular formula is C6H15O15P3. The minimum absolute atomic E-state index is 1.36. The molecule has 0 aliphatic heterocycles. The zero-order valence-corrected chi connectivity index (χ0v) is 14.1. The largest absolute Gasteiger partial charge is 0.470 e. The summed E-state index contributed by atoms with van der Waals surface area (Å²) >= 11 is 0. The van der Waals surface area contributed by atoms with Crippen LogP contribution < -0.4 is 0 Å². The van der Waals surface area contributed by atoms with Gasteiger partial charge in [0.1, 0.15) is 24.9 Å².